The van der Waals surface area contributed by atoms with Crippen molar-refractivity contribution in [1.82, 2.24) is 5.32 Å². The number of amides is 2. The van der Waals surface area contributed by atoms with Gasteiger partial charge >= 0.3 is 0 Å². The lowest BCUT2D eigenvalue weighted by atomic mass is 9.86. The summed E-state index contributed by atoms with van der Waals surface area (Å²) in [4.78, 5) is 24.5. The molecule has 5 nitrogen and oxygen atoms in total. The van der Waals surface area contributed by atoms with Gasteiger partial charge in [-0.1, -0.05) is 19.1 Å². The third kappa shape index (κ3) is 4.58. The van der Waals surface area contributed by atoms with Gasteiger partial charge in [-0.3, -0.25) is 9.59 Å². The van der Waals surface area contributed by atoms with Gasteiger partial charge in [0.1, 0.15) is 11.6 Å². The van der Waals surface area contributed by atoms with Gasteiger partial charge in [0.2, 0.25) is 5.91 Å². The molecule has 0 fully saturated rings. The smallest absolute Gasteiger partial charge is 0.265 e. The van der Waals surface area contributed by atoms with Crippen molar-refractivity contribution in [2.24, 2.45) is 0 Å². The molecule has 0 bridgehead atoms. The second-order valence-electron chi connectivity index (χ2n) is 8.42. The first-order valence-corrected chi connectivity index (χ1v) is 11.2. The molecule has 4 rings (SSSR count). The minimum atomic E-state index is -0.491. The number of rotatable bonds is 6. The topological polar surface area (TPSA) is 67.4 Å². The predicted octanol–water partition coefficient (Wildman–Crippen LogP) is 4.62. The van der Waals surface area contributed by atoms with Crippen molar-refractivity contribution in [3.05, 3.63) is 58.4 Å². The van der Waals surface area contributed by atoms with Crippen molar-refractivity contribution >= 4 is 17.5 Å². The summed E-state index contributed by atoms with van der Waals surface area (Å²) in [6, 6.07) is 8.74. The maximum Gasteiger partial charge on any atom is 0.265 e. The van der Waals surface area contributed by atoms with Crippen LogP contribution in [0.15, 0.2) is 30.3 Å². The van der Waals surface area contributed by atoms with E-state index in [1.165, 1.54) is 6.07 Å². The highest BCUT2D eigenvalue weighted by Crippen LogP contribution is 2.33. The van der Waals surface area contributed by atoms with E-state index in [4.69, 9.17) is 4.74 Å². The largest absolute Gasteiger partial charge is 0.478 e. The van der Waals surface area contributed by atoms with Crippen molar-refractivity contribution in [3.63, 3.8) is 0 Å². The van der Waals surface area contributed by atoms with E-state index in [1.54, 1.807) is 0 Å². The maximum atomic E-state index is 14.1. The van der Waals surface area contributed by atoms with E-state index in [0.29, 0.717) is 30.7 Å². The van der Waals surface area contributed by atoms with E-state index in [-0.39, 0.29) is 23.7 Å². The Kier molecular flexibility index (Phi) is 6.25. The standard InChI is InChI=1S/C25H29FN2O3/c1-3-22-25(30)28-21-12-9-17(14-23(21)31-22)15(2)27-24(29)13-10-16-8-11-20(26)19-7-5-4-6-18(16)19/h8-9,11-12,14-15,22H,3-7,10,13H2,1-2H3,(H,27,29)(H,28,30). The van der Waals surface area contributed by atoms with Crippen molar-refractivity contribution in [3.8, 4) is 5.75 Å². The zero-order chi connectivity index (χ0) is 22.0. The van der Waals surface area contributed by atoms with E-state index < -0.39 is 6.10 Å². The zero-order valence-electron chi connectivity index (χ0n) is 18.1. The number of aryl methyl sites for hydroxylation is 1. The lowest BCUT2D eigenvalue weighted by Crippen LogP contribution is -2.36. The zero-order valence-corrected chi connectivity index (χ0v) is 18.1. The van der Waals surface area contributed by atoms with E-state index in [9.17, 15) is 14.0 Å². The lowest BCUT2D eigenvalue weighted by Gasteiger charge is -2.26. The van der Waals surface area contributed by atoms with Crippen molar-refractivity contribution in [2.45, 2.75) is 70.9 Å². The Morgan fingerprint density at radius 3 is 2.77 bits per heavy atom. The van der Waals surface area contributed by atoms with Crippen molar-refractivity contribution in [2.75, 3.05) is 5.32 Å². The number of hydrogen-bond donors (Lipinski definition) is 2. The summed E-state index contributed by atoms with van der Waals surface area (Å²) in [6.45, 7) is 3.83. The fourth-order valence-corrected chi connectivity index (χ4v) is 4.48. The van der Waals surface area contributed by atoms with Gasteiger partial charge < -0.3 is 15.4 Å². The Labute approximate surface area is 182 Å². The average Bonchev–Trinajstić information content (AvgIpc) is 2.78. The normalized spacial score (nSPS) is 18.3. The Balaban J connectivity index is 1.38. The van der Waals surface area contributed by atoms with E-state index in [2.05, 4.69) is 10.6 Å². The number of nitrogens with one attached hydrogen (secondary N) is 2. The second kappa shape index (κ2) is 9.08. The quantitative estimate of drug-likeness (QED) is 0.711. The first-order chi connectivity index (χ1) is 15.0. The van der Waals surface area contributed by atoms with Gasteiger partial charge in [-0.2, -0.15) is 0 Å². The van der Waals surface area contributed by atoms with Crippen LogP contribution in [0.4, 0.5) is 10.1 Å². The molecule has 2 aliphatic rings. The SMILES string of the molecule is CCC1Oc2cc(C(C)NC(=O)CCc3ccc(F)c4c3CCCC4)ccc2NC1=O. The summed E-state index contributed by atoms with van der Waals surface area (Å²) >= 11 is 0. The van der Waals surface area contributed by atoms with Crippen molar-refractivity contribution < 1.29 is 18.7 Å². The Morgan fingerprint density at radius 2 is 2.00 bits per heavy atom. The summed E-state index contributed by atoms with van der Waals surface area (Å²) in [6.07, 6.45) is 4.86. The molecule has 0 aromatic heterocycles. The summed E-state index contributed by atoms with van der Waals surface area (Å²) in [5, 5.41) is 5.90. The molecule has 1 aliphatic heterocycles. The summed E-state index contributed by atoms with van der Waals surface area (Å²) in [5.74, 6) is 0.336. The molecule has 2 amide bonds. The van der Waals surface area contributed by atoms with Crippen LogP contribution in [-0.2, 0) is 28.9 Å². The van der Waals surface area contributed by atoms with Gasteiger partial charge in [-0.05, 0) is 85.9 Å². The van der Waals surface area contributed by atoms with Crippen LogP contribution < -0.4 is 15.4 Å². The van der Waals surface area contributed by atoms with Crippen molar-refractivity contribution in [1.29, 1.82) is 0 Å². The number of anilines is 1. The van der Waals surface area contributed by atoms with E-state index in [0.717, 1.165) is 47.9 Å². The number of hydrogen-bond acceptors (Lipinski definition) is 3. The molecule has 2 aromatic rings. The van der Waals surface area contributed by atoms with E-state index in [1.807, 2.05) is 38.1 Å². The number of ether oxygens (including phenoxy) is 1. The van der Waals surface area contributed by atoms with Gasteiger partial charge in [0.05, 0.1) is 11.7 Å². The number of carbonyl (C=O) groups excluding carboxylic acids is 2. The molecular formula is C25H29FN2O3. The molecule has 2 N–H and O–H groups in total. The van der Waals surface area contributed by atoms with Crippen LogP contribution in [-0.4, -0.2) is 17.9 Å². The molecule has 1 aliphatic carbocycles. The second-order valence-corrected chi connectivity index (χ2v) is 8.42. The first kappa shape index (κ1) is 21.3. The maximum absolute atomic E-state index is 14.1. The van der Waals surface area contributed by atoms with Gasteiger partial charge in [0, 0.05) is 6.42 Å². The molecule has 31 heavy (non-hydrogen) atoms. The highest BCUT2D eigenvalue weighted by Gasteiger charge is 2.26. The molecule has 1 heterocycles. The number of halogens is 1. The molecule has 0 saturated heterocycles. The number of fused-ring (bicyclic) bond motifs is 2. The van der Waals surface area contributed by atoms with Crippen LogP contribution in [0.2, 0.25) is 0 Å². The summed E-state index contributed by atoms with van der Waals surface area (Å²) in [7, 11) is 0. The van der Waals surface area contributed by atoms with Gasteiger partial charge in [0.15, 0.2) is 6.10 Å². The number of benzene rings is 2. The fourth-order valence-electron chi connectivity index (χ4n) is 4.48. The molecule has 0 spiro atoms. The van der Waals surface area contributed by atoms with Crippen LogP contribution in [0, 0.1) is 5.82 Å². The van der Waals surface area contributed by atoms with Crippen LogP contribution >= 0.6 is 0 Å². The Morgan fingerprint density at radius 1 is 1.23 bits per heavy atom. The van der Waals surface area contributed by atoms with Gasteiger partial charge in [-0.25, -0.2) is 4.39 Å². The molecule has 2 atom stereocenters. The number of carbonyl (C=O) groups is 2. The monoisotopic (exact) mass is 424 g/mol. The lowest BCUT2D eigenvalue weighted by molar-refractivity contribution is -0.123. The Bertz CT molecular complexity index is 1000. The van der Waals surface area contributed by atoms with Crippen LogP contribution in [0.1, 0.15) is 67.8 Å². The molecule has 2 aromatic carbocycles. The highest BCUT2D eigenvalue weighted by atomic mass is 19.1. The van der Waals surface area contributed by atoms with E-state index >= 15 is 0 Å². The minimum absolute atomic E-state index is 0.0419. The van der Waals surface area contributed by atoms with Crippen LogP contribution in [0.3, 0.4) is 0 Å². The molecule has 0 saturated carbocycles. The molecule has 6 heteroatoms. The van der Waals surface area contributed by atoms with Crippen LogP contribution in [0.25, 0.3) is 0 Å². The average molecular weight is 425 g/mol. The van der Waals surface area contributed by atoms with Crippen LogP contribution in [0.5, 0.6) is 5.75 Å². The molecule has 164 valence electrons. The molecular weight excluding hydrogens is 395 g/mol. The highest BCUT2D eigenvalue weighted by molar-refractivity contribution is 5.97. The van der Waals surface area contributed by atoms with Gasteiger partial charge in [0.25, 0.3) is 5.91 Å². The fraction of sp³-hybridized carbons (Fsp3) is 0.440. The third-order valence-corrected chi connectivity index (χ3v) is 6.27. The molecule has 0 radical (unpaired) electrons. The predicted molar refractivity (Wildman–Crippen MR) is 118 cm³/mol. The minimum Gasteiger partial charge on any atom is -0.478 e. The summed E-state index contributed by atoms with van der Waals surface area (Å²) in [5.41, 5.74) is 4.59. The Hall–Kier alpha value is -2.89. The molecule has 2 unspecified atom stereocenters. The van der Waals surface area contributed by atoms with Gasteiger partial charge in [-0.15, -0.1) is 0 Å². The summed E-state index contributed by atoms with van der Waals surface area (Å²) < 4.78 is 19.9. The first-order valence-electron chi connectivity index (χ1n) is 11.2. The third-order valence-electron chi connectivity index (χ3n) is 6.27.